The maximum atomic E-state index is 2.51. The summed E-state index contributed by atoms with van der Waals surface area (Å²) in [6, 6.07) is 8.92. The number of alkyl halides is 1. The molecule has 1 unspecified atom stereocenters. The van der Waals surface area contributed by atoms with Crippen LogP contribution in [0, 0.1) is 2.88 Å². The quantitative estimate of drug-likeness (QED) is 0.342. The number of thiophene rings is 2. The highest BCUT2D eigenvalue weighted by molar-refractivity contribution is 14.1. The Morgan fingerprint density at radius 3 is 2.35 bits per heavy atom. The molecule has 0 aliphatic carbocycles. The lowest BCUT2D eigenvalue weighted by atomic mass is 10.3. The largest absolute Gasteiger partial charge is 0.134 e. The van der Waals surface area contributed by atoms with Crippen LogP contribution in [0.25, 0.3) is 14.7 Å². The van der Waals surface area contributed by atoms with Crippen molar-refractivity contribution < 1.29 is 0 Å². The first-order valence-electron chi connectivity index (χ1n) is 5.09. The molecular weight excluding hydrogens is 494 g/mol. The lowest BCUT2D eigenvalue weighted by molar-refractivity contribution is 1.25. The average Bonchev–Trinajstić information content (AvgIpc) is 2.96. The minimum absolute atomic E-state index is 0.718. The second-order valence-electron chi connectivity index (χ2n) is 3.60. The van der Waals surface area contributed by atoms with Crippen LogP contribution in [-0.4, -0.2) is 3.26 Å². The van der Waals surface area contributed by atoms with E-state index < -0.39 is 0 Å². The highest BCUT2D eigenvalue weighted by Gasteiger charge is 2.17. The van der Waals surface area contributed by atoms with Crippen LogP contribution >= 0.6 is 79.6 Å². The fraction of sp³-hybridized carbons (Fsp3) is 0.167. The summed E-state index contributed by atoms with van der Waals surface area (Å²) < 4.78 is 2.07. The average molecular weight is 502 g/mol. The Morgan fingerprint density at radius 1 is 1.00 bits per heavy atom. The van der Waals surface area contributed by atoms with Gasteiger partial charge in [-0.1, -0.05) is 28.7 Å². The molecule has 0 spiro atoms. The molecule has 0 aromatic carbocycles. The standard InChI is InChI=1S/C12H8I2S3/c13-11-5-3-9(16-11)7-1-2-8(15-7)10-4-6-12(14)17-10/h1-5,12H,6H2. The normalized spacial score (nSPS) is 19.6. The number of rotatable bonds is 2. The Bertz CT molecular complexity index is 568. The molecule has 1 aliphatic heterocycles. The summed E-state index contributed by atoms with van der Waals surface area (Å²) in [6.45, 7) is 0. The van der Waals surface area contributed by atoms with Gasteiger partial charge in [-0.25, -0.2) is 0 Å². The summed E-state index contributed by atoms with van der Waals surface area (Å²) in [7, 11) is 0. The van der Waals surface area contributed by atoms with Crippen molar-refractivity contribution in [2.45, 2.75) is 9.68 Å². The summed E-state index contributed by atoms with van der Waals surface area (Å²) in [6.07, 6.45) is 3.57. The fourth-order valence-corrected chi connectivity index (χ4v) is 6.49. The summed E-state index contributed by atoms with van der Waals surface area (Å²) in [5.41, 5.74) is 0. The van der Waals surface area contributed by atoms with E-state index >= 15 is 0 Å². The zero-order chi connectivity index (χ0) is 11.8. The topological polar surface area (TPSA) is 0 Å². The van der Waals surface area contributed by atoms with Crippen molar-refractivity contribution in [3.63, 3.8) is 0 Å². The van der Waals surface area contributed by atoms with E-state index in [2.05, 4.69) is 75.5 Å². The zero-order valence-electron chi connectivity index (χ0n) is 8.65. The van der Waals surface area contributed by atoms with Crippen molar-refractivity contribution in [3.8, 4) is 9.75 Å². The van der Waals surface area contributed by atoms with E-state index in [1.54, 1.807) is 0 Å². The Balaban J connectivity index is 1.88. The zero-order valence-corrected chi connectivity index (χ0v) is 15.4. The molecule has 2 aromatic rings. The molecule has 88 valence electrons. The van der Waals surface area contributed by atoms with Crippen LogP contribution in [-0.2, 0) is 0 Å². The van der Waals surface area contributed by atoms with Crippen molar-refractivity contribution in [2.75, 3.05) is 0 Å². The second-order valence-corrected chi connectivity index (χ2v) is 11.3. The first-order valence-corrected chi connectivity index (χ1v) is 9.93. The van der Waals surface area contributed by atoms with Gasteiger partial charge in [0.05, 0.1) is 6.14 Å². The molecule has 0 radical (unpaired) electrons. The molecule has 0 bridgehead atoms. The predicted octanol–water partition coefficient (Wildman–Crippen LogP) is 6.32. The molecule has 1 aliphatic rings. The van der Waals surface area contributed by atoms with Crippen LogP contribution < -0.4 is 0 Å². The smallest absolute Gasteiger partial charge is 0.0660 e. The molecule has 0 N–H and O–H groups in total. The fourth-order valence-electron chi connectivity index (χ4n) is 1.64. The van der Waals surface area contributed by atoms with Crippen molar-refractivity contribution in [1.82, 2.24) is 0 Å². The van der Waals surface area contributed by atoms with Gasteiger partial charge in [0.2, 0.25) is 0 Å². The molecule has 17 heavy (non-hydrogen) atoms. The van der Waals surface area contributed by atoms with Crippen molar-refractivity contribution in [1.29, 1.82) is 0 Å². The van der Waals surface area contributed by atoms with Gasteiger partial charge in [0.25, 0.3) is 0 Å². The molecule has 3 rings (SSSR count). The van der Waals surface area contributed by atoms with E-state index in [0.29, 0.717) is 0 Å². The Hall–Kier alpha value is 0.950. The van der Waals surface area contributed by atoms with E-state index in [0.717, 1.165) is 3.26 Å². The molecule has 2 aromatic heterocycles. The van der Waals surface area contributed by atoms with Gasteiger partial charge in [-0.2, -0.15) is 0 Å². The van der Waals surface area contributed by atoms with Crippen LogP contribution in [0.2, 0.25) is 0 Å². The van der Waals surface area contributed by atoms with E-state index in [9.17, 15) is 0 Å². The molecule has 3 heterocycles. The number of hydrogen-bond donors (Lipinski definition) is 0. The molecule has 5 heteroatoms. The van der Waals surface area contributed by atoms with E-state index in [1.165, 1.54) is 28.8 Å². The van der Waals surface area contributed by atoms with Gasteiger partial charge in [0.1, 0.15) is 0 Å². The van der Waals surface area contributed by atoms with E-state index in [1.807, 2.05) is 34.4 Å². The number of hydrogen-bond acceptors (Lipinski definition) is 3. The first kappa shape index (κ1) is 13.0. The third-order valence-corrected chi connectivity index (χ3v) is 8.11. The Kier molecular flexibility index (Phi) is 4.21. The second kappa shape index (κ2) is 5.52. The first-order chi connectivity index (χ1) is 8.22. The summed E-state index contributed by atoms with van der Waals surface area (Å²) in [5.74, 6) is 0. The highest BCUT2D eigenvalue weighted by Crippen LogP contribution is 2.46. The maximum Gasteiger partial charge on any atom is 0.0660 e. The third-order valence-electron chi connectivity index (χ3n) is 2.41. The number of thioether (sulfide) groups is 1. The molecule has 0 saturated heterocycles. The van der Waals surface area contributed by atoms with Crippen molar-refractivity contribution >= 4 is 84.5 Å². The highest BCUT2D eigenvalue weighted by atomic mass is 127. The Morgan fingerprint density at radius 2 is 1.71 bits per heavy atom. The van der Waals surface area contributed by atoms with Crippen LogP contribution in [0.4, 0.5) is 0 Å². The van der Waals surface area contributed by atoms with Crippen LogP contribution in [0.15, 0.2) is 30.3 Å². The third kappa shape index (κ3) is 2.93. The van der Waals surface area contributed by atoms with Gasteiger partial charge in [-0.3, -0.25) is 0 Å². The van der Waals surface area contributed by atoms with Gasteiger partial charge in [-0.05, 0) is 53.3 Å². The van der Waals surface area contributed by atoms with Gasteiger partial charge in [-0.15, -0.1) is 34.4 Å². The monoisotopic (exact) mass is 502 g/mol. The van der Waals surface area contributed by atoms with Gasteiger partial charge < -0.3 is 0 Å². The molecule has 0 nitrogen and oxygen atoms in total. The van der Waals surface area contributed by atoms with Crippen LogP contribution in [0.5, 0.6) is 0 Å². The molecule has 0 saturated carbocycles. The molecule has 0 amide bonds. The summed E-state index contributed by atoms with van der Waals surface area (Å²) >= 11 is 10.7. The summed E-state index contributed by atoms with van der Waals surface area (Å²) in [4.78, 5) is 5.67. The lowest BCUT2D eigenvalue weighted by Gasteiger charge is -1.98. The molecule has 1 atom stereocenters. The minimum Gasteiger partial charge on any atom is -0.134 e. The number of halogens is 2. The van der Waals surface area contributed by atoms with Gasteiger partial charge in [0.15, 0.2) is 0 Å². The lowest BCUT2D eigenvalue weighted by Crippen LogP contribution is -1.77. The molecular formula is C12H8I2S3. The predicted molar refractivity (Wildman–Crippen MR) is 98.3 cm³/mol. The van der Waals surface area contributed by atoms with Crippen molar-refractivity contribution in [3.05, 3.63) is 38.1 Å². The maximum absolute atomic E-state index is 2.51. The van der Waals surface area contributed by atoms with Crippen molar-refractivity contribution in [2.24, 2.45) is 0 Å². The van der Waals surface area contributed by atoms with Crippen LogP contribution in [0.1, 0.15) is 11.3 Å². The summed E-state index contributed by atoms with van der Waals surface area (Å²) in [5, 5.41) is 0. The van der Waals surface area contributed by atoms with Gasteiger partial charge in [0, 0.05) is 19.5 Å². The Labute approximate surface area is 140 Å². The van der Waals surface area contributed by atoms with Gasteiger partial charge >= 0.3 is 0 Å². The van der Waals surface area contributed by atoms with E-state index in [-0.39, 0.29) is 0 Å². The molecule has 0 fully saturated rings. The van der Waals surface area contributed by atoms with E-state index in [4.69, 9.17) is 0 Å². The minimum atomic E-state index is 0.718. The number of allylic oxidation sites excluding steroid dienone is 1. The SMILES string of the molecule is Ic1ccc(-c2ccc(C3=CCC(I)S3)s2)s1. The van der Waals surface area contributed by atoms with Crippen LogP contribution in [0.3, 0.4) is 0 Å².